The van der Waals surface area contributed by atoms with E-state index in [1.165, 1.54) is 0 Å². The number of benzene rings is 7. The van der Waals surface area contributed by atoms with Gasteiger partial charge >= 0.3 is 0 Å². The molecule has 2 heterocycles. The molecule has 5 heteroatoms. The molecule has 0 fully saturated rings. The molecule has 4 nitrogen and oxygen atoms in total. The average Bonchev–Trinajstić information content (AvgIpc) is 3.66. The van der Waals surface area contributed by atoms with Crippen molar-refractivity contribution in [1.29, 1.82) is 0 Å². The molecular weight excluding hydrogens is 878 g/mol. The molecule has 0 bridgehead atoms. The first-order valence-corrected chi connectivity index (χ1v) is 18.6. The molecule has 0 radical (unpaired) electrons. The molecule has 0 atom stereocenters. The van der Waals surface area contributed by atoms with E-state index >= 15 is 0 Å². The van der Waals surface area contributed by atoms with E-state index < -0.39 is 12.7 Å². The zero-order chi connectivity index (χ0) is 41.6. The van der Waals surface area contributed by atoms with Gasteiger partial charge in [0.05, 0.1) is 16.6 Å². The monoisotopic (exact) mass is 921 g/mol. The van der Waals surface area contributed by atoms with Gasteiger partial charge in [-0.1, -0.05) is 157 Å². The Hall–Kier alpha value is -6.35. The number of aromatic nitrogens is 3. The fraction of sp³-hybridized carbons (Fsp3) is 0.0769. The molecule has 0 aliphatic heterocycles. The summed E-state index contributed by atoms with van der Waals surface area (Å²) in [7, 11) is 0. The zero-order valence-electron chi connectivity index (χ0n) is 35.3. The predicted molar refractivity (Wildman–Crippen MR) is 231 cm³/mol. The van der Waals surface area contributed by atoms with Gasteiger partial charge in [0, 0.05) is 44.1 Å². The Morgan fingerprint density at radius 2 is 1.30 bits per heavy atom. The Bertz CT molecular complexity index is 3010. The van der Waals surface area contributed by atoms with Crippen LogP contribution in [0.5, 0.6) is 5.75 Å². The number of hydrogen-bond acceptors (Lipinski definition) is 3. The van der Waals surface area contributed by atoms with Gasteiger partial charge in [-0.3, -0.25) is 9.55 Å². The van der Waals surface area contributed by atoms with Crippen LogP contribution in [0, 0.1) is 12.9 Å². The Labute approximate surface area is 354 Å². The molecule has 0 saturated heterocycles. The second-order valence-electron chi connectivity index (χ2n) is 14.1. The fourth-order valence-corrected chi connectivity index (χ4v) is 7.45. The van der Waals surface area contributed by atoms with Gasteiger partial charge < -0.3 is 5.11 Å². The predicted octanol–water partition coefficient (Wildman–Crippen LogP) is 13.4. The van der Waals surface area contributed by atoms with E-state index in [1.54, 1.807) is 30.5 Å². The van der Waals surface area contributed by atoms with Crippen LogP contribution in [-0.2, 0) is 21.1 Å². The van der Waals surface area contributed by atoms with Crippen LogP contribution in [0.4, 0.5) is 0 Å². The Morgan fingerprint density at radius 3 is 2.04 bits per heavy atom. The van der Waals surface area contributed by atoms with Gasteiger partial charge in [-0.05, 0) is 82.5 Å². The van der Waals surface area contributed by atoms with E-state index in [1.807, 2.05) is 105 Å². The topological polar surface area (TPSA) is 50.9 Å². The third kappa shape index (κ3) is 7.37. The van der Waals surface area contributed by atoms with Crippen LogP contribution in [0.2, 0.25) is 0 Å². The molecule has 0 aliphatic rings. The molecule has 57 heavy (non-hydrogen) atoms. The molecule has 0 saturated carbocycles. The number of hydrogen-bond donors (Lipinski definition) is 1. The summed E-state index contributed by atoms with van der Waals surface area (Å²) in [6.45, 7) is 1.63. The third-order valence-electron chi connectivity index (χ3n) is 10.2. The summed E-state index contributed by atoms with van der Waals surface area (Å²) in [5.41, 5.74) is 13.1. The van der Waals surface area contributed by atoms with E-state index in [9.17, 15) is 6.48 Å². The summed E-state index contributed by atoms with van der Waals surface area (Å²) >= 11 is 0. The van der Waals surface area contributed by atoms with Crippen molar-refractivity contribution in [2.45, 2.75) is 26.6 Å². The summed E-state index contributed by atoms with van der Waals surface area (Å²) in [5.74, 6) is -0.250. The number of aryl methyl sites for hydroxylation is 1. The Morgan fingerprint density at radius 1 is 0.614 bits per heavy atom. The van der Waals surface area contributed by atoms with Crippen LogP contribution in [0.1, 0.15) is 36.4 Å². The summed E-state index contributed by atoms with van der Waals surface area (Å²) in [4.78, 5) is 10.1. The van der Waals surface area contributed by atoms with Crippen molar-refractivity contribution in [2.75, 3.05) is 0 Å². The Kier molecular flexibility index (Phi) is 9.23. The van der Waals surface area contributed by atoms with Gasteiger partial charge in [0.25, 0.3) is 0 Å². The molecule has 2 aromatic heterocycles. The minimum absolute atomic E-state index is 0. The van der Waals surface area contributed by atoms with Gasteiger partial charge in [-0.15, -0.1) is 23.8 Å². The first-order chi connectivity index (χ1) is 28.9. The number of fused-ring (bicyclic) bond motifs is 1. The van der Waals surface area contributed by atoms with E-state index in [4.69, 9.17) is 14.1 Å². The Balaban J connectivity index is 0.00000514. The molecule has 0 unspecified atom stereocenters. The number of imidazole rings is 1. The minimum Gasteiger partial charge on any atom is -0.507 e. The zero-order valence-corrected chi connectivity index (χ0v) is 33.6. The minimum atomic E-state index is -2.18. The van der Waals surface area contributed by atoms with Crippen LogP contribution in [0.15, 0.2) is 176 Å². The average molecular weight is 922 g/mol. The van der Waals surface area contributed by atoms with Crippen molar-refractivity contribution in [1.82, 2.24) is 14.5 Å². The number of aromatic hydroxyl groups is 1. The molecular formula is C52H40N3OPt-. The van der Waals surface area contributed by atoms with Crippen LogP contribution in [0.3, 0.4) is 0 Å². The molecule has 0 amide bonds. The number of para-hydroxylation sites is 2. The quantitative estimate of drug-likeness (QED) is 0.155. The van der Waals surface area contributed by atoms with Gasteiger partial charge in [0.2, 0.25) is 0 Å². The summed E-state index contributed by atoms with van der Waals surface area (Å²) in [6.07, 6.45) is 1.77. The van der Waals surface area contributed by atoms with Crippen LogP contribution < -0.4 is 0 Å². The first-order valence-electron chi connectivity index (χ1n) is 20.6. The smallest absolute Gasteiger partial charge is 0.148 e. The summed E-state index contributed by atoms with van der Waals surface area (Å²) in [5, 5.41) is 11.3. The van der Waals surface area contributed by atoms with Crippen LogP contribution in [-0.4, -0.2) is 19.6 Å². The number of phenols is 1. The van der Waals surface area contributed by atoms with Crippen molar-refractivity contribution >= 4 is 11.0 Å². The molecule has 9 aromatic rings. The van der Waals surface area contributed by atoms with Gasteiger partial charge in [0.15, 0.2) is 0 Å². The van der Waals surface area contributed by atoms with E-state index in [0.717, 1.165) is 72.4 Å². The molecule has 9 rings (SSSR count). The number of rotatable bonds is 8. The van der Waals surface area contributed by atoms with Crippen molar-refractivity contribution < 1.29 is 31.7 Å². The van der Waals surface area contributed by atoms with Gasteiger partial charge in [-0.25, -0.2) is 4.98 Å². The maximum absolute atomic E-state index is 11.3. The molecule has 0 aliphatic carbocycles. The third-order valence-corrected chi connectivity index (χ3v) is 10.2. The fourth-order valence-electron chi connectivity index (χ4n) is 7.45. The molecule has 0 spiro atoms. The van der Waals surface area contributed by atoms with Crippen LogP contribution in [0.25, 0.3) is 83.9 Å². The molecule has 1 N–H and O–H groups in total. The van der Waals surface area contributed by atoms with Gasteiger partial charge in [0.1, 0.15) is 11.6 Å². The van der Waals surface area contributed by atoms with E-state index in [2.05, 4.69) is 65.2 Å². The second kappa shape index (κ2) is 16.0. The van der Waals surface area contributed by atoms with Crippen molar-refractivity contribution in [3.8, 4) is 78.6 Å². The van der Waals surface area contributed by atoms with Gasteiger partial charge in [-0.2, -0.15) is 0 Å². The normalized spacial score (nSPS) is 12.6. The van der Waals surface area contributed by atoms with Crippen molar-refractivity contribution in [3.05, 3.63) is 193 Å². The first kappa shape index (κ1) is 32.8. The SMILES string of the molecule is [2H]C([2H])([2H])c1ccc(-c2ccnc(-c3[c-]c(-c4cccc5c4nc(-c4ccccc4O)n5-c4ccc(-c5ccccc5)c(C([2H])(C)C)c4)cc(-c4ccccc4)c3)c2)cc1.[Pt]. The number of nitrogens with zero attached hydrogens (tertiary/aromatic N) is 3. The largest absolute Gasteiger partial charge is 0.507 e. The number of pyridine rings is 1. The van der Waals surface area contributed by atoms with Crippen LogP contribution >= 0.6 is 0 Å². The van der Waals surface area contributed by atoms with Crippen molar-refractivity contribution in [3.63, 3.8) is 0 Å². The van der Waals surface area contributed by atoms with E-state index in [0.29, 0.717) is 22.6 Å². The summed E-state index contributed by atoms with van der Waals surface area (Å²) < 4.78 is 34.7. The maximum Gasteiger partial charge on any atom is 0.148 e. The standard InChI is InChI=1S/C52H40N3O.Pt/c1-34(2)47-33-43(25-26-44(47)38-15-8-5-9-16-38)55-49-19-12-18-45(51(49)54-52(55)46-17-10-11-20-50(46)56)41-29-40(36-13-6-4-7-14-36)30-42(31-41)48-32-39(27-28-53-48)37-23-21-35(3)22-24-37;/h4-30,32-34,56H,1-3H3;/q-1;/i3D3,34D;. The molecule has 280 valence electrons. The second-order valence-corrected chi connectivity index (χ2v) is 14.1. The van der Waals surface area contributed by atoms with Crippen molar-refractivity contribution in [2.24, 2.45) is 0 Å². The summed E-state index contributed by atoms with van der Waals surface area (Å²) in [6, 6.07) is 58.7. The van der Waals surface area contributed by atoms with E-state index in [-0.39, 0.29) is 26.8 Å². The number of phenolic OH excluding ortho intramolecular Hbond substituents is 1. The molecule has 7 aromatic carbocycles. The maximum atomic E-state index is 11.3.